The zero-order chi connectivity index (χ0) is 27.5. The lowest BCUT2D eigenvalue weighted by atomic mass is 9.90. The van der Waals surface area contributed by atoms with Crippen LogP contribution in [0.5, 0.6) is 0 Å². The van der Waals surface area contributed by atoms with E-state index in [9.17, 15) is 0 Å². The molecule has 0 fully saturated rings. The Morgan fingerprint density at radius 3 is 1.73 bits per heavy atom. The fourth-order valence-electron chi connectivity index (χ4n) is 7.27. The van der Waals surface area contributed by atoms with Crippen molar-refractivity contribution in [1.29, 1.82) is 0 Å². The van der Waals surface area contributed by atoms with Crippen LogP contribution in [-0.4, -0.2) is 15.7 Å². The minimum atomic E-state index is 0. The number of aryl methyl sites for hydroxylation is 2. The van der Waals surface area contributed by atoms with Gasteiger partial charge in [-0.15, -0.1) is 0 Å². The maximum atomic E-state index is 2.47. The van der Waals surface area contributed by atoms with Crippen LogP contribution in [0, 0.1) is 13.8 Å². The first kappa shape index (κ1) is 27.1. The third-order valence-corrected chi connectivity index (χ3v) is 8.97. The highest BCUT2D eigenvalue weighted by molar-refractivity contribution is 6.05. The van der Waals surface area contributed by atoms with Gasteiger partial charge in [-0.2, -0.15) is 4.58 Å². The van der Waals surface area contributed by atoms with Gasteiger partial charge in [0.15, 0.2) is 0 Å². The molecule has 206 valence electrons. The molecule has 0 N–H and O–H groups in total. The first-order valence-corrected chi connectivity index (χ1v) is 14.6. The van der Waals surface area contributed by atoms with Crippen LogP contribution >= 0.6 is 0 Å². The average molecular weight is 558 g/mol. The Hall–Kier alpha value is -4.08. The van der Waals surface area contributed by atoms with Crippen LogP contribution in [0.2, 0.25) is 0 Å². The molecule has 1 aliphatic heterocycles. The standard InChI is InChI=1S/C37H36N3.ClH/c1-6-38-24(4)35(28-16-10-13-19-32(28)38)37(36-25(5)39(7-2)33-20-14-11-17-29(33)36)26-21-22-34-30(23-26)27-15-9-12-18-31(27)40(34)8-3;/h9-23H,6-8H2,1-5H3;1H/q+1;/p-1. The fraction of sp³-hybridized carbons (Fsp3) is 0.216. The largest absolute Gasteiger partial charge is 1.00 e. The van der Waals surface area contributed by atoms with Gasteiger partial charge in [-0.1, -0.05) is 48.5 Å². The molecule has 0 saturated heterocycles. The number of rotatable bonds is 5. The molecular formula is C37H36ClN3. The summed E-state index contributed by atoms with van der Waals surface area (Å²) < 4.78 is 7.39. The van der Waals surface area contributed by atoms with Crippen LogP contribution in [0.3, 0.4) is 0 Å². The van der Waals surface area contributed by atoms with Gasteiger partial charge in [0.25, 0.3) is 0 Å². The zero-order valence-electron chi connectivity index (χ0n) is 24.5. The molecule has 3 nitrogen and oxygen atoms in total. The summed E-state index contributed by atoms with van der Waals surface area (Å²) in [6.45, 7) is 14.2. The number of nitrogens with zero attached hydrogens (tertiary/aromatic N) is 3. The van der Waals surface area contributed by atoms with E-state index < -0.39 is 0 Å². The van der Waals surface area contributed by atoms with E-state index in [-0.39, 0.29) is 12.4 Å². The average Bonchev–Trinajstić information content (AvgIpc) is 3.57. The first-order valence-electron chi connectivity index (χ1n) is 14.6. The molecule has 6 aromatic rings. The molecule has 3 heterocycles. The number of para-hydroxylation sites is 3. The van der Waals surface area contributed by atoms with Crippen molar-refractivity contribution in [3.63, 3.8) is 0 Å². The van der Waals surface area contributed by atoms with E-state index >= 15 is 0 Å². The Kier molecular flexibility index (Phi) is 6.87. The lowest BCUT2D eigenvalue weighted by Gasteiger charge is -2.13. The number of aromatic nitrogens is 2. The van der Waals surface area contributed by atoms with Crippen LogP contribution in [0.1, 0.15) is 43.3 Å². The summed E-state index contributed by atoms with van der Waals surface area (Å²) in [5.41, 5.74) is 13.2. The second-order valence-corrected chi connectivity index (χ2v) is 10.8. The van der Waals surface area contributed by atoms with Crippen molar-refractivity contribution in [2.75, 3.05) is 6.54 Å². The summed E-state index contributed by atoms with van der Waals surface area (Å²) in [5.74, 6) is 0. The van der Waals surface area contributed by atoms with E-state index in [0.29, 0.717) is 0 Å². The summed E-state index contributed by atoms with van der Waals surface area (Å²) >= 11 is 0. The van der Waals surface area contributed by atoms with Crippen LogP contribution in [-0.2, 0) is 13.1 Å². The van der Waals surface area contributed by atoms with E-state index in [1.807, 2.05) is 0 Å². The Balaban J connectivity index is 0.00000302. The molecular weight excluding hydrogens is 522 g/mol. The van der Waals surface area contributed by atoms with Gasteiger partial charge >= 0.3 is 0 Å². The first-order chi connectivity index (χ1) is 19.6. The SMILES string of the molecule is CCn1c(C)c(C(c2c(C)n(CC)c3ccccc23)=c2ccc3c(c2)-c2ccccc2[N+]=3CC)c2ccccc21.[Cl-]. The van der Waals surface area contributed by atoms with Gasteiger partial charge < -0.3 is 21.5 Å². The molecule has 0 unspecified atom stereocenters. The fourth-order valence-corrected chi connectivity index (χ4v) is 7.27. The summed E-state index contributed by atoms with van der Waals surface area (Å²) in [5, 5.41) is 5.21. The Morgan fingerprint density at radius 1 is 0.634 bits per heavy atom. The van der Waals surface area contributed by atoms with Crippen molar-refractivity contribution >= 4 is 33.1 Å². The summed E-state index contributed by atoms with van der Waals surface area (Å²) in [4.78, 5) is 0. The van der Waals surface area contributed by atoms with Gasteiger partial charge in [-0.3, -0.25) is 0 Å². The molecule has 4 heteroatoms. The van der Waals surface area contributed by atoms with E-state index in [0.717, 1.165) is 19.6 Å². The Morgan fingerprint density at radius 2 is 1.17 bits per heavy atom. The molecule has 0 spiro atoms. The summed E-state index contributed by atoms with van der Waals surface area (Å²) in [6, 6.07) is 33.8. The van der Waals surface area contributed by atoms with E-state index in [2.05, 4.69) is 139 Å². The molecule has 0 saturated carbocycles. The highest BCUT2D eigenvalue weighted by Crippen LogP contribution is 2.39. The Labute approximate surface area is 248 Å². The minimum Gasteiger partial charge on any atom is -1.00 e. The van der Waals surface area contributed by atoms with Gasteiger partial charge in [0.1, 0.15) is 6.54 Å². The smallest absolute Gasteiger partial charge is 0.213 e. The van der Waals surface area contributed by atoms with Crippen LogP contribution in [0.25, 0.3) is 38.5 Å². The summed E-state index contributed by atoms with van der Waals surface area (Å²) in [6.07, 6.45) is 0. The third kappa shape index (κ3) is 3.83. The van der Waals surface area contributed by atoms with Gasteiger partial charge in [-0.25, -0.2) is 0 Å². The molecule has 0 atom stereocenters. The molecule has 7 rings (SSSR count). The van der Waals surface area contributed by atoms with Crippen molar-refractivity contribution in [3.8, 4) is 11.1 Å². The van der Waals surface area contributed by atoms with Crippen LogP contribution in [0.15, 0.2) is 91.0 Å². The predicted octanol–water partition coefficient (Wildman–Crippen LogP) is 4.33. The van der Waals surface area contributed by atoms with Gasteiger partial charge in [0.2, 0.25) is 11.0 Å². The molecule has 1 aliphatic rings. The van der Waals surface area contributed by atoms with Crippen molar-refractivity contribution in [1.82, 2.24) is 13.7 Å². The second kappa shape index (κ2) is 10.4. The Bertz CT molecular complexity index is 2000. The third-order valence-electron chi connectivity index (χ3n) is 8.97. The molecule has 41 heavy (non-hydrogen) atoms. The quantitative estimate of drug-likeness (QED) is 0.280. The number of halogens is 1. The van der Waals surface area contributed by atoms with Gasteiger partial charge in [-0.05, 0) is 70.2 Å². The molecule has 0 bridgehead atoms. The van der Waals surface area contributed by atoms with Crippen molar-refractivity contribution in [2.24, 2.45) is 0 Å². The van der Waals surface area contributed by atoms with Crippen LogP contribution < -0.4 is 27.6 Å². The monoisotopic (exact) mass is 557 g/mol. The molecule has 0 amide bonds. The van der Waals surface area contributed by atoms with E-state index in [1.165, 1.54) is 77.3 Å². The molecule has 0 radical (unpaired) electrons. The van der Waals surface area contributed by atoms with Gasteiger partial charge in [0.05, 0.1) is 11.1 Å². The highest BCUT2D eigenvalue weighted by Gasteiger charge is 2.28. The second-order valence-electron chi connectivity index (χ2n) is 10.8. The number of benzene rings is 4. The van der Waals surface area contributed by atoms with Crippen molar-refractivity contribution < 1.29 is 12.4 Å². The number of hydrogen-bond acceptors (Lipinski definition) is 0. The zero-order valence-corrected chi connectivity index (χ0v) is 25.3. The summed E-state index contributed by atoms with van der Waals surface area (Å²) in [7, 11) is 0. The normalized spacial score (nSPS) is 12.1. The topological polar surface area (TPSA) is 12.9 Å². The lowest BCUT2D eigenvalue weighted by Crippen LogP contribution is -3.00. The number of hydrogen-bond donors (Lipinski definition) is 0. The lowest BCUT2D eigenvalue weighted by molar-refractivity contribution is -0.00000809. The molecule has 0 aliphatic carbocycles. The maximum Gasteiger partial charge on any atom is 0.213 e. The number of fused-ring (bicyclic) bond motifs is 5. The van der Waals surface area contributed by atoms with E-state index in [1.54, 1.807) is 0 Å². The van der Waals surface area contributed by atoms with Crippen LogP contribution in [0.4, 0.5) is 5.69 Å². The maximum absolute atomic E-state index is 2.47. The highest BCUT2D eigenvalue weighted by atomic mass is 35.5. The van der Waals surface area contributed by atoms with E-state index in [4.69, 9.17) is 0 Å². The van der Waals surface area contributed by atoms with Gasteiger partial charge in [0, 0.05) is 75.1 Å². The molecule has 2 aromatic heterocycles. The van der Waals surface area contributed by atoms with Crippen molar-refractivity contribution in [3.05, 3.63) is 124 Å². The predicted molar refractivity (Wildman–Crippen MR) is 169 cm³/mol. The minimum absolute atomic E-state index is 0. The van der Waals surface area contributed by atoms with Crippen molar-refractivity contribution in [2.45, 2.75) is 47.7 Å². The molecule has 4 aromatic carbocycles.